The fourth-order valence-electron chi connectivity index (χ4n) is 1.23. The van der Waals surface area contributed by atoms with Gasteiger partial charge in [0.05, 0.1) is 0 Å². The third kappa shape index (κ3) is 3.90. The fourth-order valence-corrected chi connectivity index (χ4v) is 1.23. The molecule has 0 heterocycles. The van der Waals surface area contributed by atoms with Gasteiger partial charge < -0.3 is 11.2 Å². The molecule has 0 fully saturated rings. The molecule has 1 rings (SSSR count). The molecule has 4 N–H and O–H groups in total. The van der Waals surface area contributed by atoms with Gasteiger partial charge in [0.15, 0.2) is 0 Å². The van der Waals surface area contributed by atoms with Crippen molar-refractivity contribution >= 4 is 0 Å². The fraction of sp³-hybridized carbons (Fsp3) is 0.500. The normalized spacial score (nSPS) is 13.1. The van der Waals surface area contributed by atoms with E-state index in [1.54, 1.807) is 0 Å². The lowest BCUT2D eigenvalue weighted by Gasteiger charge is -2.27. The first-order valence-corrected chi connectivity index (χ1v) is 4.83. The highest BCUT2D eigenvalue weighted by Crippen LogP contribution is 2.17. The summed E-state index contributed by atoms with van der Waals surface area (Å²) in [6, 6.07) is 10.5. The van der Waals surface area contributed by atoms with Crippen molar-refractivity contribution in [2.45, 2.75) is 32.7 Å². The topological polar surface area (TPSA) is 57.5 Å². The summed E-state index contributed by atoms with van der Waals surface area (Å²) >= 11 is 0. The van der Waals surface area contributed by atoms with E-state index in [1.165, 1.54) is 5.56 Å². The zero-order valence-electron chi connectivity index (χ0n) is 9.25. The average molecular weight is 195 g/mol. The molecule has 0 aliphatic heterocycles. The minimum Gasteiger partial charge on any atom is -0.412 e. The molecule has 0 radical (unpaired) electrons. The third-order valence-electron chi connectivity index (χ3n) is 2.65. The number of hydrogen-bond donors (Lipinski definition) is 1. The van der Waals surface area contributed by atoms with E-state index in [0.717, 1.165) is 6.42 Å². The second-order valence-corrected chi connectivity index (χ2v) is 4.41. The lowest BCUT2D eigenvalue weighted by atomic mass is 9.85. The van der Waals surface area contributed by atoms with Crippen LogP contribution in [0.2, 0.25) is 0 Å². The van der Waals surface area contributed by atoms with Gasteiger partial charge >= 0.3 is 0 Å². The van der Waals surface area contributed by atoms with Gasteiger partial charge in [-0.1, -0.05) is 37.3 Å². The van der Waals surface area contributed by atoms with Gasteiger partial charge in [0.1, 0.15) is 0 Å². The van der Waals surface area contributed by atoms with Crippen LogP contribution in [0.5, 0.6) is 0 Å². The Kier molecular flexibility index (Phi) is 4.81. The molecule has 0 spiro atoms. The summed E-state index contributed by atoms with van der Waals surface area (Å²) in [6.45, 7) is 6.37. The van der Waals surface area contributed by atoms with Gasteiger partial charge in [0.2, 0.25) is 0 Å². The summed E-state index contributed by atoms with van der Waals surface area (Å²) in [4.78, 5) is 0. The van der Waals surface area contributed by atoms with Crippen molar-refractivity contribution in [3.8, 4) is 0 Å². The maximum absolute atomic E-state index is 6.03. The maximum atomic E-state index is 6.03. The van der Waals surface area contributed by atoms with E-state index in [0.29, 0.717) is 5.92 Å². The Hall–Kier alpha value is -0.860. The van der Waals surface area contributed by atoms with Crippen LogP contribution in [-0.2, 0) is 6.42 Å². The first-order chi connectivity index (χ1) is 6.00. The minimum atomic E-state index is -0.0875. The largest absolute Gasteiger partial charge is 0.412 e. The molecule has 14 heavy (non-hydrogen) atoms. The summed E-state index contributed by atoms with van der Waals surface area (Å²) in [5.74, 6) is 0.509. The Labute approximate surface area is 86.4 Å². The molecule has 1 aromatic carbocycles. The summed E-state index contributed by atoms with van der Waals surface area (Å²) in [5.41, 5.74) is 7.31. The molecule has 0 aliphatic carbocycles. The van der Waals surface area contributed by atoms with Gasteiger partial charge in [-0.15, -0.1) is 0 Å². The SMILES string of the molecule is CC(Cc1ccccc1)C(C)(C)N.O. The first-order valence-electron chi connectivity index (χ1n) is 4.83. The second-order valence-electron chi connectivity index (χ2n) is 4.41. The highest BCUT2D eigenvalue weighted by molar-refractivity contribution is 5.15. The molecular formula is C12H21NO. The van der Waals surface area contributed by atoms with Crippen LogP contribution in [0.4, 0.5) is 0 Å². The summed E-state index contributed by atoms with van der Waals surface area (Å²) in [7, 11) is 0. The standard InChI is InChI=1S/C12H19N.H2O/c1-10(12(2,3)13)9-11-7-5-4-6-8-11;/h4-8,10H,9,13H2,1-3H3;1H2. The summed E-state index contributed by atoms with van der Waals surface area (Å²) < 4.78 is 0. The van der Waals surface area contributed by atoms with Gasteiger partial charge in [0.25, 0.3) is 0 Å². The molecule has 0 saturated carbocycles. The van der Waals surface area contributed by atoms with Crippen molar-refractivity contribution < 1.29 is 5.48 Å². The van der Waals surface area contributed by atoms with Crippen LogP contribution in [-0.4, -0.2) is 11.0 Å². The van der Waals surface area contributed by atoms with E-state index in [9.17, 15) is 0 Å². The highest BCUT2D eigenvalue weighted by atomic mass is 16.0. The van der Waals surface area contributed by atoms with Crippen molar-refractivity contribution in [1.82, 2.24) is 0 Å². The van der Waals surface area contributed by atoms with Crippen LogP contribution in [0.1, 0.15) is 26.3 Å². The van der Waals surface area contributed by atoms with E-state index >= 15 is 0 Å². The molecular weight excluding hydrogens is 174 g/mol. The molecule has 1 unspecified atom stereocenters. The lowest BCUT2D eigenvalue weighted by Crippen LogP contribution is -2.40. The van der Waals surface area contributed by atoms with Gasteiger partial charge in [-0.2, -0.15) is 0 Å². The Morgan fingerprint density at radius 1 is 1.21 bits per heavy atom. The van der Waals surface area contributed by atoms with Crippen LogP contribution in [0, 0.1) is 5.92 Å². The van der Waals surface area contributed by atoms with Crippen molar-refractivity contribution in [3.05, 3.63) is 35.9 Å². The van der Waals surface area contributed by atoms with E-state index < -0.39 is 0 Å². The molecule has 2 nitrogen and oxygen atoms in total. The van der Waals surface area contributed by atoms with Crippen LogP contribution in [0.3, 0.4) is 0 Å². The molecule has 1 aromatic rings. The van der Waals surface area contributed by atoms with Gasteiger partial charge in [-0.3, -0.25) is 0 Å². The highest BCUT2D eigenvalue weighted by Gasteiger charge is 2.20. The predicted octanol–water partition coefficient (Wildman–Crippen LogP) is 1.78. The minimum absolute atomic E-state index is 0. The number of nitrogens with two attached hydrogens (primary N) is 1. The maximum Gasteiger partial charge on any atom is 0.0126 e. The molecule has 0 saturated heterocycles. The molecule has 0 amide bonds. The second kappa shape index (κ2) is 5.13. The quantitative estimate of drug-likeness (QED) is 0.785. The third-order valence-corrected chi connectivity index (χ3v) is 2.65. The zero-order chi connectivity index (χ0) is 9.90. The number of rotatable bonds is 3. The van der Waals surface area contributed by atoms with E-state index in [1.807, 2.05) is 6.07 Å². The monoisotopic (exact) mass is 195 g/mol. The molecule has 0 aliphatic rings. The lowest BCUT2D eigenvalue weighted by molar-refractivity contribution is 0.344. The molecule has 0 bridgehead atoms. The summed E-state index contributed by atoms with van der Waals surface area (Å²) in [5, 5.41) is 0. The molecule has 0 aromatic heterocycles. The van der Waals surface area contributed by atoms with Crippen LogP contribution in [0.25, 0.3) is 0 Å². The van der Waals surface area contributed by atoms with Crippen molar-refractivity contribution in [2.24, 2.45) is 11.7 Å². The van der Waals surface area contributed by atoms with Crippen LogP contribution < -0.4 is 5.73 Å². The van der Waals surface area contributed by atoms with Crippen LogP contribution >= 0.6 is 0 Å². The van der Waals surface area contributed by atoms with E-state index in [4.69, 9.17) is 5.73 Å². The van der Waals surface area contributed by atoms with Gasteiger partial charge in [0, 0.05) is 5.54 Å². The van der Waals surface area contributed by atoms with E-state index in [-0.39, 0.29) is 11.0 Å². The Morgan fingerprint density at radius 3 is 2.14 bits per heavy atom. The Bertz CT molecular complexity index is 251. The predicted molar refractivity (Wildman–Crippen MR) is 61.2 cm³/mol. The number of benzene rings is 1. The average Bonchev–Trinajstić information content (AvgIpc) is 2.04. The molecule has 1 atom stereocenters. The molecule has 80 valence electrons. The van der Waals surface area contributed by atoms with Crippen molar-refractivity contribution in [3.63, 3.8) is 0 Å². The first kappa shape index (κ1) is 13.1. The van der Waals surface area contributed by atoms with Crippen LogP contribution in [0.15, 0.2) is 30.3 Å². The Morgan fingerprint density at radius 2 is 1.71 bits per heavy atom. The Balaban J connectivity index is 0.00000169. The number of hydrogen-bond acceptors (Lipinski definition) is 1. The van der Waals surface area contributed by atoms with E-state index in [2.05, 4.69) is 45.0 Å². The smallest absolute Gasteiger partial charge is 0.0126 e. The van der Waals surface area contributed by atoms with Crippen molar-refractivity contribution in [2.75, 3.05) is 0 Å². The van der Waals surface area contributed by atoms with Gasteiger partial charge in [-0.05, 0) is 31.7 Å². The van der Waals surface area contributed by atoms with Crippen molar-refractivity contribution in [1.29, 1.82) is 0 Å². The van der Waals surface area contributed by atoms with Gasteiger partial charge in [-0.25, -0.2) is 0 Å². The molecule has 2 heteroatoms. The zero-order valence-corrected chi connectivity index (χ0v) is 9.25. The summed E-state index contributed by atoms with van der Waals surface area (Å²) in [6.07, 6.45) is 1.06.